The molecule has 0 unspecified atom stereocenters. The minimum atomic E-state index is 0.246. The number of hydrogen-bond donors (Lipinski definition) is 2. The number of nitrogens with zero attached hydrogens (tertiary/aromatic N) is 1. The fourth-order valence-corrected chi connectivity index (χ4v) is 1.79. The molecular formula is C17H17NO2. The topological polar surface area (TPSA) is 53.4 Å². The van der Waals surface area contributed by atoms with Gasteiger partial charge in [-0.25, -0.2) is 4.98 Å². The van der Waals surface area contributed by atoms with E-state index in [0.29, 0.717) is 11.3 Å². The van der Waals surface area contributed by atoms with Gasteiger partial charge in [0.1, 0.15) is 17.0 Å². The number of benzene rings is 2. The number of rotatable bonds is 0. The van der Waals surface area contributed by atoms with Gasteiger partial charge in [-0.15, -0.1) is 0 Å². The Morgan fingerprint density at radius 3 is 2.10 bits per heavy atom. The van der Waals surface area contributed by atoms with Crippen LogP contribution in [0.25, 0.3) is 10.9 Å². The molecule has 3 rings (SSSR count). The van der Waals surface area contributed by atoms with Gasteiger partial charge in [0.05, 0.1) is 0 Å². The van der Waals surface area contributed by atoms with Gasteiger partial charge in [-0.1, -0.05) is 36.4 Å². The maximum Gasteiger partial charge on any atom is 0.141 e. The van der Waals surface area contributed by atoms with Crippen molar-refractivity contribution in [2.45, 2.75) is 13.8 Å². The molecule has 1 aromatic heterocycles. The first kappa shape index (κ1) is 13.9. The van der Waals surface area contributed by atoms with Crippen molar-refractivity contribution in [3.05, 3.63) is 65.9 Å². The third-order valence-electron chi connectivity index (χ3n) is 2.95. The summed E-state index contributed by atoms with van der Waals surface area (Å²) in [5.74, 6) is 0.615. The Kier molecular flexibility index (Phi) is 4.20. The number of aromatic hydroxyl groups is 2. The zero-order chi connectivity index (χ0) is 14.5. The maximum absolute atomic E-state index is 9.43. The number of aryl methyl sites for hydroxylation is 2. The van der Waals surface area contributed by atoms with Crippen LogP contribution in [0.5, 0.6) is 11.5 Å². The summed E-state index contributed by atoms with van der Waals surface area (Å²) >= 11 is 0. The van der Waals surface area contributed by atoms with Crippen molar-refractivity contribution in [3.8, 4) is 11.5 Å². The van der Waals surface area contributed by atoms with Crippen LogP contribution in [-0.2, 0) is 0 Å². The fourth-order valence-electron chi connectivity index (χ4n) is 1.79. The van der Waals surface area contributed by atoms with Crippen LogP contribution in [0.15, 0.2) is 54.6 Å². The molecule has 0 spiro atoms. The van der Waals surface area contributed by atoms with Crippen LogP contribution in [0.1, 0.15) is 11.3 Å². The molecule has 20 heavy (non-hydrogen) atoms. The number of para-hydroxylation sites is 2. The molecule has 0 aliphatic heterocycles. The molecule has 0 radical (unpaired) electrons. The molecule has 0 fully saturated rings. The van der Waals surface area contributed by atoms with E-state index in [0.717, 1.165) is 16.6 Å². The third kappa shape index (κ3) is 3.26. The normalized spacial score (nSPS) is 9.90. The van der Waals surface area contributed by atoms with Gasteiger partial charge in [-0.3, -0.25) is 0 Å². The molecule has 2 N–H and O–H groups in total. The van der Waals surface area contributed by atoms with Crippen molar-refractivity contribution in [3.63, 3.8) is 0 Å². The van der Waals surface area contributed by atoms with Crippen molar-refractivity contribution in [1.29, 1.82) is 0 Å². The molecule has 0 aliphatic rings. The Morgan fingerprint density at radius 2 is 1.45 bits per heavy atom. The molecule has 102 valence electrons. The smallest absolute Gasteiger partial charge is 0.141 e. The van der Waals surface area contributed by atoms with E-state index in [9.17, 15) is 5.11 Å². The first-order valence-corrected chi connectivity index (χ1v) is 6.38. The largest absolute Gasteiger partial charge is 0.508 e. The molecular weight excluding hydrogens is 250 g/mol. The van der Waals surface area contributed by atoms with E-state index in [-0.39, 0.29) is 5.75 Å². The zero-order valence-electron chi connectivity index (χ0n) is 11.5. The Balaban J connectivity index is 0.000000160. The summed E-state index contributed by atoms with van der Waals surface area (Å²) in [6.07, 6.45) is 0. The summed E-state index contributed by atoms with van der Waals surface area (Å²) in [5.41, 5.74) is 2.52. The van der Waals surface area contributed by atoms with Crippen LogP contribution in [0.3, 0.4) is 0 Å². The van der Waals surface area contributed by atoms with Crippen LogP contribution in [0.2, 0.25) is 0 Å². The van der Waals surface area contributed by atoms with E-state index in [2.05, 4.69) is 4.98 Å². The summed E-state index contributed by atoms with van der Waals surface area (Å²) in [7, 11) is 0. The van der Waals surface area contributed by atoms with Crippen molar-refractivity contribution < 1.29 is 10.2 Å². The van der Waals surface area contributed by atoms with Crippen molar-refractivity contribution >= 4 is 10.9 Å². The summed E-state index contributed by atoms with van der Waals surface area (Å²) in [6, 6.07) is 16.5. The summed E-state index contributed by atoms with van der Waals surface area (Å²) < 4.78 is 0. The van der Waals surface area contributed by atoms with E-state index in [1.54, 1.807) is 12.1 Å². The SMILES string of the molecule is Cc1ccc2cccc(O)c2n1.Cc1ccccc1O. The molecule has 0 atom stereocenters. The number of fused-ring (bicyclic) bond motifs is 1. The fraction of sp³-hybridized carbons (Fsp3) is 0.118. The highest BCUT2D eigenvalue weighted by atomic mass is 16.3. The molecule has 2 aromatic carbocycles. The second kappa shape index (κ2) is 6.06. The Hall–Kier alpha value is -2.55. The molecule has 0 saturated heterocycles. The van der Waals surface area contributed by atoms with Crippen molar-refractivity contribution in [2.75, 3.05) is 0 Å². The Morgan fingerprint density at radius 1 is 0.750 bits per heavy atom. The molecule has 0 saturated carbocycles. The molecule has 0 amide bonds. The lowest BCUT2D eigenvalue weighted by Crippen LogP contribution is -1.82. The van der Waals surface area contributed by atoms with Gasteiger partial charge in [0.15, 0.2) is 0 Å². The predicted octanol–water partition coefficient (Wildman–Crippen LogP) is 3.95. The van der Waals surface area contributed by atoms with E-state index in [1.165, 1.54) is 0 Å². The van der Waals surface area contributed by atoms with Gasteiger partial charge in [0.2, 0.25) is 0 Å². The van der Waals surface area contributed by atoms with Crippen molar-refractivity contribution in [1.82, 2.24) is 4.98 Å². The van der Waals surface area contributed by atoms with Crippen LogP contribution in [0, 0.1) is 13.8 Å². The molecule has 3 heteroatoms. The molecule has 3 aromatic rings. The summed E-state index contributed by atoms with van der Waals surface area (Å²) in [5, 5.41) is 19.3. The second-order valence-electron chi connectivity index (χ2n) is 4.59. The number of phenolic OH excluding ortho intramolecular Hbond substituents is 2. The van der Waals surface area contributed by atoms with E-state index in [4.69, 9.17) is 5.11 Å². The van der Waals surface area contributed by atoms with Crippen LogP contribution in [0.4, 0.5) is 0 Å². The van der Waals surface area contributed by atoms with Gasteiger partial charge in [-0.2, -0.15) is 0 Å². The Labute approximate surface area is 118 Å². The average molecular weight is 267 g/mol. The number of pyridine rings is 1. The standard InChI is InChI=1S/C10H9NO.C7H8O/c1-7-5-6-8-3-2-4-9(12)10(8)11-7;1-6-4-2-3-5-7(6)8/h2-6,12H,1H3;2-5,8H,1H3. The highest BCUT2D eigenvalue weighted by Gasteiger charge is 1.98. The minimum absolute atomic E-state index is 0.246. The maximum atomic E-state index is 9.43. The molecule has 0 aliphatic carbocycles. The summed E-state index contributed by atoms with van der Waals surface area (Å²) in [6.45, 7) is 3.78. The lowest BCUT2D eigenvalue weighted by Gasteiger charge is -1.99. The number of phenols is 2. The third-order valence-corrected chi connectivity index (χ3v) is 2.95. The van der Waals surface area contributed by atoms with Gasteiger partial charge >= 0.3 is 0 Å². The molecule has 1 heterocycles. The second-order valence-corrected chi connectivity index (χ2v) is 4.59. The number of hydrogen-bond acceptors (Lipinski definition) is 3. The van der Waals surface area contributed by atoms with E-state index < -0.39 is 0 Å². The first-order chi connectivity index (χ1) is 9.58. The Bertz CT molecular complexity index is 702. The highest BCUT2D eigenvalue weighted by Crippen LogP contribution is 2.21. The quantitative estimate of drug-likeness (QED) is 0.648. The summed E-state index contributed by atoms with van der Waals surface area (Å²) in [4.78, 5) is 4.23. The van der Waals surface area contributed by atoms with Crippen LogP contribution in [-0.4, -0.2) is 15.2 Å². The lowest BCUT2D eigenvalue weighted by atomic mass is 10.2. The number of aromatic nitrogens is 1. The van der Waals surface area contributed by atoms with Gasteiger partial charge in [0.25, 0.3) is 0 Å². The van der Waals surface area contributed by atoms with Gasteiger partial charge in [-0.05, 0) is 37.6 Å². The van der Waals surface area contributed by atoms with E-state index in [1.807, 2.05) is 56.3 Å². The lowest BCUT2D eigenvalue weighted by molar-refractivity contribution is 0.471. The van der Waals surface area contributed by atoms with E-state index >= 15 is 0 Å². The highest BCUT2D eigenvalue weighted by molar-refractivity contribution is 5.84. The predicted molar refractivity (Wildman–Crippen MR) is 81.0 cm³/mol. The van der Waals surface area contributed by atoms with Gasteiger partial charge < -0.3 is 10.2 Å². The molecule has 0 bridgehead atoms. The molecule has 3 nitrogen and oxygen atoms in total. The van der Waals surface area contributed by atoms with Crippen LogP contribution < -0.4 is 0 Å². The monoisotopic (exact) mass is 267 g/mol. The van der Waals surface area contributed by atoms with Crippen LogP contribution >= 0.6 is 0 Å². The minimum Gasteiger partial charge on any atom is -0.508 e. The zero-order valence-corrected chi connectivity index (χ0v) is 11.5. The average Bonchev–Trinajstić information content (AvgIpc) is 2.44. The van der Waals surface area contributed by atoms with Gasteiger partial charge in [0, 0.05) is 11.1 Å². The van der Waals surface area contributed by atoms with Crippen molar-refractivity contribution in [2.24, 2.45) is 0 Å². The first-order valence-electron chi connectivity index (χ1n) is 6.38.